The minimum absolute atomic E-state index is 0.288. The number of aliphatic hydroxyl groups is 1. The third-order valence-corrected chi connectivity index (χ3v) is 4.19. The lowest BCUT2D eigenvalue weighted by molar-refractivity contribution is 0.0814. The Bertz CT molecular complexity index is 573. The van der Waals surface area contributed by atoms with Crippen LogP contribution in [0.4, 0.5) is 4.39 Å². The summed E-state index contributed by atoms with van der Waals surface area (Å²) in [5.74, 6) is 0.314. The van der Waals surface area contributed by atoms with Gasteiger partial charge in [-0.15, -0.1) is 11.3 Å². The van der Waals surface area contributed by atoms with Crippen LogP contribution in [0, 0.1) is 5.82 Å². The van der Waals surface area contributed by atoms with Crippen LogP contribution >= 0.6 is 11.3 Å². The zero-order valence-electron chi connectivity index (χ0n) is 11.8. The first-order valence-electron chi connectivity index (χ1n) is 6.50. The molecular formula is C15H18FNO2S. The monoisotopic (exact) mass is 295 g/mol. The lowest BCUT2D eigenvalue weighted by atomic mass is 10.1. The Morgan fingerprint density at radius 1 is 1.30 bits per heavy atom. The van der Waals surface area contributed by atoms with Crippen molar-refractivity contribution in [1.82, 2.24) is 4.98 Å². The number of hydrogen-bond donors (Lipinski definition) is 1. The SMILES string of the molecule is CCc1nc(COc2ccc(F)cc2)sc1C(C)(C)O. The van der Waals surface area contributed by atoms with Crippen molar-refractivity contribution in [3.63, 3.8) is 0 Å². The Hall–Kier alpha value is -1.46. The summed E-state index contributed by atoms with van der Waals surface area (Å²) in [5, 5.41) is 10.9. The predicted octanol–water partition coefficient (Wildman–Crippen LogP) is 3.65. The molecule has 0 bridgehead atoms. The molecule has 1 aromatic carbocycles. The highest BCUT2D eigenvalue weighted by molar-refractivity contribution is 7.11. The molecule has 0 aliphatic carbocycles. The van der Waals surface area contributed by atoms with Gasteiger partial charge >= 0.3 is 0 Å². The highest BCUT2D eigenvalue weighted by Gasteiger charge is 2.24. The van der Waals surface area contributed by atoms with Crippen molar-refractivity contribution in [2.75, 3.05) is 0 Å². The molecule has 3 nitrogen and oxygen atoms in total. The van der Waals surface area contributed by atoms with Crippen molar-refractivity contribution in [3.8, 4) is 5.75 Å². The van der Waals surface area contributed by atoms with E-state index in [4.69, 9.17) is 4.74 Å². The summed E-state index contributed by atoms with van der Waals surface area (Å²) in [6.07, 6.45) is 0.770. The summed E-state index contributed by atoms with van der Waals surface area (Å²) in [5.41, 5.74) is 0.0112. The molecule has 20 heavy (non-hydrogen) atoms. The summed E-state index contributed by atoms with van der Waals surface area (Å²) >= 11 is 1.45. The van der Waals surface area contributed by atoms with Crippen molar-refractivity contribution in [2.24, 2.45) is 0 Å². The second-order valence-electron chi connectivity index (χ2n) is 5.04. The van der Waals surface area contributed by atoms with E-state index in [1.165, 1.54) is 23.5 Å². The van der Waals surface area contributed by atoms with E-state index >= 15 is 0 Å². The van der Waals surface area contributed by atoms with Crippen LogP contribution < -0.4 is 4.74 Å². The van der Waals surface area contributed by atoms with Gasteiger partial charge < -0.3 is 9.84 Å². The molecule has 0 unspecified atom stereocenters. The molecule has 0 amide bonds. The van der Waals surface area contributed by atoms with E-state index in [9.17, 15) is 9.50 Å². The molecule has 0 aliphatic heterocycles. The van der Waals surface area contributed by atoms with Gasteiger partial charge in [0.1, 0.15) is 23.2 Å². The average molecular weight is 295 g/mol. The van der Waals surface area contributed by atoms with Crippen LogP contribution in [0.15, 0.2) is 24.3 Å². The Morgan fingerprint density at radius 2 is 1.95 bits per heavy atom. The van der Waals surface area contributed by atoms with Gasteiger partial charge in [-0.1, -0.05) is 6.92 Å². The van der Waals surface area contributed by atoms with Gasteiger partial charge in [0.05, 0.1) is 16.2 Å². The molecule has 2 rings (SSSR count). The van der Waals surface area contributed by atoms with Crippen LogP contribution in [0.2, 0.25) is 0 Å². The first-order chi connectivity index (χ1) is 9.40. The maximum atomic E-state index is 12.8. The van der Waals surface area contributed by atoms with Crippen LogP contribution in [0.1, 0.15) is 36.3 Å². The van der Waals surface area contributed by atoms with Crippen molar-refractivity contribution >= 4 is 11.3 Å². The number of rotatable bonds is 5. The Balaban J connectivity index is 2.10. The summed E-state index contributed by atoms with van der Waals surface area (Å²) in [4.78, 5) is 5.36. The molecule has 1 N–H and O–H groups in total. The fourth-order valence-corrected chi connectivity index (χ4v) is 2.92. The topological polar surface area (TPSA) is 42.4 Å². The number of nitrogens with zero attached hydrogens (tertiary/aromatic N) is 1. The van der Waals surface area contributed by atoms with Gasteiger partial charge in [0.15, 0.2) is 0 Å². The maximum Gasteiger partial charge on any atom is 0.140 e. The molecular weight excluding hydrogens is 277 g/mol. The van der Waals surface area contributed by atoms with E-state index in [1.807, 2.05) is 6.92 Å². The molecule has 0 atom stereocenters. The van der Waals surface area contributed by atoms with Gasteiger partial charge in [-0.3, -0.25) is 0 Å². The maximum absolute atomic E-state index is 12.8. The zero-order valence-corrected chi connectivity index (χ0v) is 12.6. The van der Waals surface area contributed by atoms with E-state index in [0.29, 0.717) is 12.4 Å². The molecule has 108 valence electrons. The minimum atomic E-state index is -0.892. The molecule has 0 aliphatic rings. The van der Waals surface area contributed by atoms with Crippen molar-refractivity contribution in [3.05, 3.63) is 45.7 Å². The van der Waals surface area contributed by atoms with Crippen molar-refractivity contribution in [1.29, 1.82) is 0 Å². The van der Waals surface area contributed by atoms with Gasteiger partial charge in [0, 0.05) is 0 Å². The number of aryl methyl sites for hydroxylation is 1. The van der Waals surface area contributed by atoms with Crippen LogP contribution in [0.3, 0.4) is 0 Å². The second-order valence-corrected chi connectivity index (χ2v) is 6.12. The standard InChI is InChI=1S/C15H18FNO2S/c1-4-12-14(15(2,3)18)20-13(17-12)9-19-11-7-5-10(16)6-8-11/h5-8,18H,4,9H2,1-3H3. The summed E-state index contributed by atoms with van der Waals surface area (Å²) in [7, 11) is 0. The molecule has 5 heteroatoms. The minimum Gasteiger partial charge on any atom is -0.486 e. The summed E-state index contributed by atoms with van der Waals surface area (Å²) in [6.45, 7) is 5.84. The number of halogens is 1. The molecule has 0 saturated heterocycles. The number of thiazole rings is 1. The molecule has 1 aromatic heterocycles. The Kier molecular flexibility index (Phi) is 4.40. The fraction of sp³-hybridized carbons (Fsp3) is 0.400. The van der Waals surface area contributed by atoms with E-state index in [0.717, 1.165) is 22.0 Å². The number of ether oxygens (including phenoxy) is 1. The molecule has 2 aromatic rings. The normalized spacial score (nSPS) is 11.7. The van der Waals surface area contributed by atoms with E-state index < -0.39 is 5.60 Å². The van der Waals surface area contributed by atoms with Crippen LogP contribution in [-0.2, 0) is 18.6 Å². The lowest BCUT2D eigenvalue weighted by Crippen LogP contribution is -2.15. The molecule has 0 saturated carbocycles. The second kappa shape index (κ2) is 5.89. The predicted molar refractivity (Wildman–Crippen MR) is 77.5 cm³/mol. The first kappa shape index (κ1) is 14.9. The fourth-order valence-electron chi connectivity index (χ4n) is 1.86. The number of aromatic nitrogens is 1. The number of hydrogen-bond acceptors (Lipinski definition) is 4. The first-order valence-corrected chi connectivity index (χ1v) is 7.31. The quantitative estimate of drug-likeness (QED) is 0.915. The van der Waals surface area contributed by atoms with E-state index in [2.05, 4.69) is 4.98 Å². The largest absolute Gasteiger partial charge is 0.486 e. The Labute approximate surface area is 122 Å². The van der Waals surface area contributed by atoms with Crippen molar-refractivity contribution < 1.29 is 14.2 Å². The third kappa shape index (κ3) is 3.55. The van der Waals surface area contributed by atoms with Crippen LogP contribution in [0.5, 0.6) is 5.75 Å². The van der Waals surface area contributed by atoms with Crippen LogP contribution in [0.25, 0.3) is 0 Å². The van der Waals surface area contributed by atoms with Crippen LogP contribution in [-0.4, -0.2) is 10.1 Å². The summed E-state index contributed by atoms with van der Waals surface area (Å²) in [6, 6.07) is 5.88. The average Bonchev–Trinajstić information content (AvgIpc) is 2.81. The van der Waals surface area contributed by atoms with Gasteiger partial charge in [-0.05, 0) is 44.5 Å². The van der Waals surface area contributed by atoms with Gasteiger partial charge in [0.2, 0.25) is 0 Å². The molecule has 0 radical (unpaired) electrons. The van der Waals surface area contributed by atoms with E-state index in [-0.39, 0.29) is 5.82 Å². The van der Waals surface area contributed by atoms with Gasteiger partial charge in [0.25, 0.3) is 0 Å². The van der Waals surface area contributed by atoms with E-state index in [1.54, 1.807) is 26.0 Å². The zero-order chi connectivity index (χ0) is 14.8. The lowest BCUT2D eigenvalue weighted by Gasteiger charge is -2.15. The Morgan fingerprint density at radius 3 is 2.45 bits per heavy atom. The molecule has 1 heterocycles. The smallest absolute Gasteiger partial charge is 0.140 e. The third-order valence-electron chi connectivity index (χ3n) is 2.81. The number of benzene rings is 1. The van der Waals surface area contributed by atoms with Gasteiger partial charge in [-0.2, -0.15) is 0 Å². The van der Waals surface area contributed by atoms with Gasteiger partial charge in [-0.25, -0.2) is 9.37 Å². The molecule has 0 spiro atoms. The highest BCUT2D eigenvalue weighted by atomic mass is 32.1. The highest BCUT2D eigenvalue weighted by Crippen LogP contribution is 2.30. The van der Waals surface area contributed by atoms with Crippen molar-refractivity contribution in [2.45, 2.75) is 39.4 Å². The molecule has 0 fully saturated rings. The summed E-state index contributed by atoms with van der Waals surface area (Å²) < 4.78 is 18.4.